The Morgan fingerprint density at radius 3 is 2.50 bits per heavy atom. The first-order valence-electron chi connectivity index (χ1n) is 13.5. The number of aromatic nitrogens is 1. The molecule has 1 aromatic heterocycles. The molecule has 0 aliphatic heterocycles. The third kappa shape index (κ3) is 9.60. The summed E-state index contributed by atoms with van der Waals surface area (Å²) in [6, 6.07) is 28.9. The Balaban J connectivity index is 0.000000311. The van der Waals surface area contributed by atoms with Gasteiger partial charge in [-0.05, 0) is 90.0 Å². The van der Waals surface area contributed by atoms with E-state index in [0.29, 0.717) is 0 Å². The number of thioether (sulfide) groups is 1. The van der Waals surface area contributed by atoms with Gasteiger partial charge in [0.15, 0.2) is 0 Å². The molecule has 0 radical (unpaired) electrons. The fourth-order valence-electron chi connectivity index (χ4n) is 4.66. The predicted molar refractivity (Wildman–Crippen MR) is 161 cm³/mol. The second kappa shape index (κ2) is 15.6. The Kier molecular flexibility index (Phi) is 12.5. The third-order valence-corrected chi connectivity index (χ3v) is 8.23. The standard InChI is InChI=1S/C26H23NO.C8H14O2S.Na/c1-19(28)25-11-4-2-10-23(25)18-21-8-6-7-20(17-21)13-15-24-16-14-22-9-3-5-12-26(22)27-24;1-2-11-6-8(3-4-8)5-7(9)10;/h2-17,19,28H,18H2,1H3;2-6H2,1H3,(H,9,10);/q;;+1/p-1/b15-13+;;. The van der Waals surface area contributed by atoms with Gasteiger partial charge in [-0.3, -0.25) is 0 Å². The number of carboxylic acids is 1. The van der Waals surface area contributed by atoms with E-state index in [1.165, 1.54) is 5.56 Å². The molecular weight excluding hydrogens is 525 g/mol. The van der Waals surface area contributed by atoms with Gasteiger partial charge in [0.05, 0.1) is 17.3 Å². The van der Waals surface area contributed by atoms with Crippen LogP contribution in [0.2, 0.25) is 0 Å². The Morgan fingerprint density at radius 2 is 1.77 bits per heavy atom. The van der Waals surface area contributed by atoms with Crippen LogP contribution in [0.5, 0.6) is 0 Å². The summed E-state index contributed by atoms with van der Waals surface area (Å²) in [6.07, 6.45) is 6.91. The predicted octanol–water partition coefficient (Wildman–Crippen LogP) is 3.71. The average molecular weight is 562 g/mol. The van der Waals surface area contributed by atoms with Crippen molar-refractivity contribution >= 4 is 40.8 Å². The van der Waals surface area contributed by atoms with Crippen LogP contribution in [0.1, 0.15) is 67.2 Å². The summed E-state index contributed by atoms with van der Waals surface area (Å²) >= 11 is 1.83. The summed E-state index contributed by atoms with van der Waals surface area (Å²) < 4.78 is 0. The minimum Gasteiger partial charge on any atom is -0.550 e. The molecule has 5 rings (SSSR count). The number of hydrogen-bond donors (Lipinski definition) is 1. The van der Waals surface area contributed by atoms with Gasteiger partial charge in [0.1, 0.15) is 0 Å². The molecule has 1 heterocycles. The van der Waals surface area contributed by atoms with E-state index in [9.17, 15) is 15.0 Å². The first-order valence-corrected chi connectivity index (χ1v) is 14.7. The van der Waals surface area contributed by atoms with Crippen molar-refractivity contribution in [1.29, 1.82) is 0 Å². The van der Waals surface area contributed by atoms with Gasteiger partial charge >= 0.3 is 29.6 Å². The SMILES string of the molecule is CC(O)c1ccccc1Cc1cccc(/C=C/c2ccc3ccccc3n2)c1.CCSCC1(CC(=O)[O-])CC1.[Na+]. The van der Waals surface area contributed by atoms with Crippen molar-refractivity contribution in [3.63, 3.8) is 0 Å². The van der Waals surface area contributed by atoms with Crippen LogP contribution in [0.3, 0.4) is 0 Å². The molecule has 6 heteroatoms. The van der Waals surface area contributed by atoms with E-state index in [4.69, 9.17) is 4.98 Å². The number of aliphatic hydroxyl groups excluding tert-OH is 1. The molecule has 1 atom stereocenters. The molecule has 40 heavy (non-hydrogen) atoms. The van der Waals surface area contributed by atoms with Crippen molar-refractivity contribution in [1.82, 2.24) is 4.98 Å². The monoisotopic (exact) mass is 561 g/mol. The van der Waals surface area contributed by atoms with Crippen molar-refractivity contribution in [2.45, 2.75) is 45.6 Å². The van der Waals surface area contributed by atoms with Crippen molar-refractivity contribution in [3.8, 4) is 0 Å². The number of hydrogen-bond acceptors (Lipinski definition) is 5. The molecular formula is C34H36NNaO3S. The molecule has 4 nitrogen and oxygen atoms in total. The molecule has 3 aromatic carbocycles. The van der Waals surface area contributed by atoms with Gasteiger partial charge in [-0.1, -0.05) is 85.8 Å². The van der Waals surface area contributed by atoms with Crippen LogP contribution in [0.25, 0.3) is 23.1 Å². The van der Waals surface area contributed by atoms with Gasteiger partial charge < -0.3 is 15.0 Å². The minimum absolute atomic E-state index is 0. The number of pyridine rings is 1. The molecule has 202 valence electrons. The van der Waals surface area contributed by atoms with E-state index in [1.807, 2.05) is 61.2 Å². The summed E-state index contributed by atoms with van der Waals surface area (Å²) in [4.78, 5) is 15.0. The normalized spacial score (nSPS) is 14.2. The van der Waals surface area contributed by atoms with Gasteiger partial charge in [-0.2, -0.15) is 11.8 Å². The second-order valence-corrected chi connectivity index (χ2v) is 11.5. The van der Waals surface area contributed by atoms with Crippen molar-refractivity contribution in [3.05, 3.63) is 113 Å². The molecule has 0 spiro atoms. The molecule has 1 saturated carbocycles. The number of aliphatic hydroxyl groups is 1. The topological polar surface area (TPSA) is 73.2 Å². The van der Waals surface area contributed by atoms with E-state index in [0.717, 1.165) is 64.1 Å². The van der Waals surface area contributed by atoms with Gasteiger partial charge in [0, 0.05) is 11.4 Å². The summed E-state index contributed by atoms with van der Waals surface area (Å²) in [6.45, 7) is 3.91. The van der Waals surface area contributed by atoms with Crippen molar-refractivity contribution in [2.75, 3.05) is 11.5 Å². The molecule has 1 unspecified atom stereocenters. The molecule has 1 N–H and O–H groups in total. The molecule has 1 aliphatic carbocycles. The maximum absolute atomic E-state index is 10.3. The smallest absolute Gasteiger partial charge is 0.550 e. The van der Waals surface area contributed by atoms with E-state index in [2.05, 4.69) is 61.5 Å². The quantitative estimate of drug-likeness (QED) is 0.299. The molecule has 1 fully saturated rings. The molecule has 0 bridgehead atoms. The molecule has 0 amide bonds. The Hall–Kier alpha value is -2.41. The van der Waals surface area contributed by atoms with Crippen LogP contribution in [0.15, 0.2) is 84.9 Å². The van der Waals surface area contributed by atoms with E-state index in [-0.39, 0.29) is 41.4 Å². The fourth-order valence-corrected chi connectivity index (χ4v) is 5.69. The van der Waals surface area contributed by atoms with Crippen LogP contribution >= 0.6 is 11.8 Å². The number of para-hydroxylation sites is 1. The van der Waals surface area contributed by atoms with Crippen LogP contribution < -0.4 is 34.7 Å². The van der Waals surface area contributed by atoms with Crippen LogP contribution in [-0.4, -0.2) is 27.6 Å². The molecule has 4 aromatic rings. The fraction of sp³-hybridized carbons (Fsp3) is 0.294. The zero-order valence-corrected chi connectivity index (χ0v) is 26.5. The Labute approximate surface area is 264 Å². The number of nitrogens with zero attached hydrogens (tertiary/aromatic N) is 1. The van der Waals surface area contributed by atoms with E-state index < -0.39 is 12.1 Å². The van der Waals surface area contributed by atoms with Crippen LogP contribution in [0.4, 0.5) is 0 Å². The minimum atomic E-state index is -0.890. The number of benzene rings is 3. The van der Waals surface area contributed by atoms with Crippen LogP contribution in [0, 0.1) is 5.41 Å². The average Bonchev–Trinajstić information content (AvgIpc) is 3.70. The van der Waals surface area contributed by atoms with Crippen LogP contribution in [-0.2, 0) is 11.2 Å². The van der Waals surface area contributed by atoms with Gasteiger partial charge in [0.2, 0.25) is 0 Å². The van der Waals surface area contributed by atoms with Gasteiger partial charge in [-0.15, -0.1) is 0 Å². The van der Waals surface area contributed by atoms with Gasteiger partial charge in [-0.25, -0.2) is 4.98 Å². The maximum atomic E-state index is 10.3. The van der Waals surface area contributed by atoms with Gasteiger partial charge in [0.25, 0.3) is 0 Å². The number of rotatable bonds is 10. The first-order chi connectivity index (χ1) is 18.9. The van der Waals surface area contributed by atoms with E-state index >= 15 is 0 Å². The number of fused-ring (bicyclic) bond motifs is 1. The van der Waals surface area contributed by atoms with Crippen molar-refractivity contribution in [2.24, 2.45) is 5.41 Å². The summed E-state index contributed by atoms with van der Waals surface area (Å²) in [5.41, 5.74) is 6.60. The maximum Gasteiger partial charge on any atom is 1.00 e. The Morgan fingerprint density at radius 1 is 1.02 bits per heavy atom. The Bertz CT molecular complexity index is 1430. The summed E-state index contributed by atoms with van der Waals surface area (Å²) in [5.74, 6) is 1.19. The third-order valence-electron chi connectivity index (χ3n) is 7.01. The summed E-state index contributed by atoms with van der Waals surface area (Å²) in [5, 5.41) is 21.5. The molecule has 1 aliphatic rings. The second-order valence-electron chi connectivity index (χ2n) is 10.2. The number of aliphatic carboxylic acids is 1. The zero-order chi connectivity index (χ0) is 27.7. The summed E-state index contributed by atoms with van der Waals surface area (Å²) in [7, 11) is 0. The van der Waals surface area contributed by atoms with E-state index in [1.54, 1.807) is 0 Å². The zero-order valence-electron chi connectivity index (χ0n) is 23.7. The first kappa shape index (κ1) is 32.1. The molecule has 0 saturated heterocycles. The number of carboxylic acid groups (broad SMARTS) is 1. The number of carbonyl (C=O) groups is 1. The van der Waals surface area contributed by atoms with Crippen molar-refractivity contribution < 1.29 is 44.6 Å². The largest absolute Gasteiger partial charge is 1.00 e. The number of carbonyl (C=O) groups excluding carboxylic acids is 1.